The molecule has 7 nitrogen and oxygen atoms in total. The average Bonchev–Trinajstić information content (AvgIpc) is 3.03. The van der Waals surface area contributed by atoms with Crippen LogP contribution in [0.25, 0.3) is 5.69 Å². The summed E-state index contributed by atoms with van der Waals surface area (Å²) in [7, 11) is 0. The lowest BCUT2D eigenvalue weighted by atomic mass is 10.1. The standard InChI is InChI=1S/C19H27ClN6O/c1-4-21-18(27)13-24-8-10-25(11-9-24)14(2)19-15(3)26(23-22-19)17-7-5-6-16(20)12-17/h5-7,12,14H,4,8-11,13H2,1-3H3,(H,21,27)/t14-/m0/s1. The van der Waals surface area contributed by atoms with Crippen molar-refractivity contribution in [3.63, 3.8) is 0 Å². The minimum Gasteiger partial charge on any atom is -0.355 e. The third-order valence-corrected chi connectivity index (χ3v) is 5.31. The van der Waals surface area contributed by atoms with Crippen LogP contribution in [0.2, 0.25) is 5.02 Å². The van der Waals surface area contributed by atoms with E-state index in [1.54, 1.807) is 0 Å². The van der Waals surface area contributed by atoms with Crippen molar-refractivity contribution in [1.82, 2.24) is 30.1 Å². The first kappa shape index (κ1) is 19.8. The van der Waals surface area contributed by atoms with Crippen molar-refractivity contribution in [2.24, 2.45) is 0 Å². The van der Waals surface area contributed by atoms with E-state index in [-0.39, 0.29) is 11.9 Å². The zero-order chi connectivity index (χ0) is 19.4. The molecule has 1 aromatic heterocycles. The lowest BCUT2D eigenvalue weighted by Crippen LogP contribution is -2.50. The number of amides is 1. The molecule has 0 bridgehead atoms. The molecule has 1 amide bonds. The largest absolute Gasteiger partial charge is 0.355 e. The Labute approximate surface area is 165 Å². The Hall–Kier alpha value is -1.96. The Morgan fingerprint density at radius 3 is 2.70 bits per heavy atom. The van der Waals surface area contributed by atoms with Crippen LogP contribution < -0.4 is 5.32 Å². The van der Waals surface area contributed by atoms with Gasteiger partial charge in [0.2, 0.25) is 5.91 Å². The second-order valence-electron chi connectivity index (χ2n) is 6.89. The van der Waals surface area contributed by atoms with Gasteiger partial charge in [-0.1, -0.05) is 22.9 Å². The number of piperazine rings is 1. The second kappa shape index (κ2) is 8.82. The third kappa shape index (κ3) is 4.66. The molecule has 2 aromatic rings. The van der Waals surface area contributed by atoms with Gasteiger partial charge in [-0.15, -0.1) is 5.10 Å². The fourth-order valence-electron chi connectivity index (χ4n) is 3.52. The van der Waals surface area contributed by atoms with E-state index in [0.29, 0.717) is 18.1 Å². The summed E-state index contributed by atoms with van der Waals surface area (Å²) in [6.07, 6.45) is 0. The van der Waals surface area contributed by atoms with Gasteiger partial charge in [0.25, 0.3) is 0 Å². The molecule has 1 aliphatic rings. The molecule has 1 saturated heterocycles. The first-order valence-corrected chi connectivity index (χ1v) is 9.78. The van der Waals surface area contributed by atoms with Crippen molar-refractivity contribution in [2.75, 3.05) is 39.3 Å². The van der Waals surface area contributed by atoms with Gasteiger partial charge in [0.05, 0.1) is 24.0 Å². The summed E-state index contributed by atoms with van der Waals surface area (Å²) in [6, 6.07) is 7.79. The Balaban J connectivity index is 1.64. The SMILES string of the molecule is CCNC(=O)CN1CCN([C@@H](C)c2nnn(-c3cccc(Cl)c3)c2C)CC1. The molecule has 0 aliphatic carbocycles. The molecule has 0 saturated carbocycles. The number of rotatable bonds is 6. The molecule has 3 rings (SSSR count). The number of halogens is 1. The third-order valence-electron chi connectivity index (χ3n) is 5.07. The number of hydrogen-bond acceptors (Lipinski definition) is 5. The van der Waals surface area contributed by atoms with Crippen molar-refractivity contribution < 1.29 is 4.79 Å². The van der Waals surface area contributed by atoms with Gasteiger partial charge in [-0.05, 0) is 39.0 Å². The van der Waals surface area contributed by atoms with E-state index in [0.717, 1.165) is 43.3 Å². The molecule has 1 atom stereocenters. The summed E-state index contributed by atoms with van der Waals surface area (Å²) in [5, 5.41) is 12.3. The summed E-state index contributed by atoms with van der Waals surface area (Å²) < 4.78 is 1.84. The molecule has 0 spiro atoms. The highest BCUT2D eigenvalue weighted by atomic mass is 35.5. The smallest absolute Gasteiger partial charge is 0.234 e. The summed E-state index contributed by atoms with van der Waals surface area (Å²) in [5.74, 6) is 0.0966. The van der Waals surface area contributed by atoms with Crippen molar-refractivity contribution in [3.05, 3.63) is 40.7 Å². The van der Waals surface area contributed by atoms with Gasteiger partial charge in [-0.25, -0.2) is 4.68 Å². The molecule has 8 heteroatoms. The molecular weight excluding hydrogens is 364 g/mol. The maximum Gasteiger partial charge on any atom is 0.234 e. The fourth-order valence-corrected chi connectivity index (χ4v) is 3.70. The highest BCUT2D eigenvalue weighted by molar-refractivity contribution is 6.30. The van der Waals surface area contributed by atoms with Crippen molar-refractivity contribution in [2.45, 2.75) is 26.8 Å². The van der Waals surface area contributed by atoms with Gasteiger partial charge in [0.1, 0.15) is 5.69 Å². The first-order valence-electron chi connectivity index (χ1n) is 9.40. The maximum atomic E-state index is 11.8. The van der Waals surface area contributed by atoms with E-state index in [4.69, 9.17) is 11.6 Å². The fraction of sp³-hybridized carbons (Fsp3) is 0.526. The number of hydrogen-bond donors (Lipinski definition) is 1. The number of benzene rings is 1. The Kier molecular flexibility index (Phi) is 6.46. The monoisotopic (exact) mass is 390 g/mol. The predicted octanol–water partition coefficient (Wildman–Crippen LogP) is 2.04. The highest BCUT2D eigenvalue weighted by Crippen LogP contribution is 2.24. The average molecular weight is 391 g/mol. The molecule has 1 aromatic carbocycles. The number of likely N-dealkylation sites (N-methyl/N-ethyl adjacent to an activating group) is 1. The van der Waals surface area contributed by atoms with Gasteiger partial charge in [-0.2, -0.15) is 0 Å². The number of carbonyl (C=O) groups is 1. The molecule has 1 aliphatic heterocycles. The van der Waals surface area contributed by atoms with E-state index in [9.17, 15) is 4.79 Å². The quantitative estimate of drug-likeness (QED) is 0.817. The second-order valence-corrected chi connectivity index (χ2v) is 7.33. The van der Waals surface area contributed by atoms with Gasteiger partial charge in [0.15, 0.2) is 0 Å². The van der Waals surface area contributed by atoms with Crippen LogP contribution in [-0.4, -0.2) is 70.0 Å². The Morgan fingerprint density at radius 2 is 2.04 bits per heavy atom. The van der Waals surface area contributed by atoms with Crippen LogP contribution >= 0.6 is 11.6 Å². The van der Waals surface area contributed by atoms with Crippen molar-refractivity contribution in [3.8, 4) is 5.69 Å². The number of nitrogens with zero attached hydrogens (tertiary/aromatic N) is 5. The zero-order valence-corrected chi connectivity index (χ0v) is 16.9. The van der Waals surface area contributed by atoms with Gasteiger partial charge in [-0.3, -0.25) is 14.6 Å². The van der Waals surface area contributed by atoms with Crippen molar-refractivity contribution in [1.29, 1.82) is 0 Å². The van der Waals surface area contributed by atoms with E-state index in [1.807, 2.05) is 42.8 Å². The predicted molar refractivity (Wildman–Crippen MR) is 106 cm³/mol. The van der Waals surface area contributed by atoms with E-state index < -0.39 is 0 Å². The molecule has 1 N–H and O–H groups in total. The minimum absolute atomic E-state index is 0.0966. The van der Waals surface area contributed by atoms with E-state index in [1.165, 1.54) is 0 Å². The molecule has 2 heterocycles. The highest BCUT2D eigenvalue weighted by Gasteiger charge is 2.26. The van der Waals surface area contributed by atoms with Crippen LogP contribution in [0.4, 0.5) is 0 Å². The van der Waals surface area contributed by atoms with Gasteiger partial charge in [0, 0.05) is 37.7 Å². The molecule has 27 heavy (non-hydrogen) atoms. The van der Waals surface area contributed by atoms with Crippen LogP contribution in [0, 0.1) is 6.92 Å². The lowest BCUT2D eigenvalue weighted by molar-refractivity contribution is -0.122. The van der Waals surface area contributed by atoms with Crippen molar-refractivity contribution >= 4 is 17.5 Å². The summed E-state index contributed by atoms with van der Waals surface area (Å²) in [4.78, 5) is 16.4. The van der Waals surface area contributed by atoms with Crippen LogP contribution in [0.1, 0.15) is 31.3 Å². The molecule has 1 fully saturated rings. The number of aromatic nitrogens is 3. The minimum atomic E-state index is 0.0966. The number of nitrogens with one attached hydrogen (secondary N) is 1. The number of carbonyl (C=O) groups excluding carboxylic acids is 1. The first-order chi connectivity index (χ1) is 13.0. The molecular formula is C19H27ClN6O. The van der Waals surface area contributed by atoms with Gasteiger partial charge < -0.3 is 5.32 Å². The van der Waals surface area contributed by atoms with E-state index in [2.05, 4.69) is 32.4 Å². The Morgan fingerprint density at radius 1 is 1.30 bits per heavy atom. The van der Waals surface area contributed by atoms with Crippen LogP contribution in [0.5, 0.6) is 0 Å². The van der Waals surface area contributed by atoms with E-state index >= 15 is 0 Å². The molecule has 0 unspecified atom stereocenters. The lowest BCUT2D eigenvalue weighted by Gasteiger charge is -2.37. The summed E-state index contributed by atoms with van der Waals surface area (Å²) >= 11 is 6.10. The van der Waals surface area contributed by atoms with Crippen LogP contribution in [0.3, 0.4) is 0 Å². The topological polar surface area (TPSA) is 66.3 Å². The zero-order valence-electron chi connectivity index (χ0n) is 16.2. The normalized spacial score (nSPS) is 17.0. The van der Waals surface area contributed by atoms with Crippen LogP contribution in [-0.2, 0) is 4.79 Å². The van der Waals surface area contributed by atoms with Gasteiger partial charge >= 0.3 is 0 Å². The maximum absolute atomic E-state index is 11.8. The Bertz CT molecular complexity index is 784. The summed E-state index contributed by atoms with van der Waals surface area (Å²) in [5.41, 5.74) is 2.92. The molecule has 146 valence electrons. The summed E-state index contributed by atoms with van der Waals surface area (Å²) in [6.45, 7) is 10.9. The van der Waals surface area contributed by atoms with Crippen LogP contribution in [0.15, 0.2) is 24.3 Å². The molecule has 0 radical (unpaired) electrons.